The molecule has 2 atom stereocenters. The van der Waals surface area contributed by atoms with Crippen LogP contribution in [0.5, 0.6) is 0 Å². The molecule has 0 fully saturated rings. The highest BCUT2D eigenvalue weighted by molar-refractivity contribution is 5.90. The van der Waals surface area contributed by atoms with E-state index in [1.54, 1.807) is 0 Å². The van der Waals surface area contributed by atoms with E-state index in [1.165, 1.54) is 56.8 Å². The summed E-state index contributed by atoms with van der Waals surface area (Å²) in [5.41, 5.74) is -0.151. The smallest absolute Gasteiger partial charge is 0.336 e. The molecule has 6 nitrogen and oxygen atoms in total. The molecular formula is C25H40N2O4. The van der Waals surface area contributed by atoms with Crippen LogP contribution >= 0.6 is 0 Å². The molecule has 2 unspecified atom stereocenters. The molecule has 6 heteroatoms. The second-order valence-corrected chi connectivity index (χ2v) is 7.64. The maximum absolute atomic E-state index is 12.0. The summed E-state index contributed by atoms with van der Waals surface area (Å²) >= 11 is 0. The van der Waals surface area contributed by atoms with Gasteiger partial charge in [-0.3, -0.25) is 4.79 Å². The molecule has 31 heavy (non-hydrogen) atoms. The molecular weight excluding hydrogens is 392 g/mol. The number of hydrogen-bond acceptors (Lipinski definition) is 5. The van der Waals surface area contributed by atoms with E-state index in [9.17, 15) is 15.2 Å². The van der Waals surface area contributed by atoms with Crippen LogP contribution in [0.25, 0.3) is 4.85 Å². The molecule has 0 aliphatic rings. The summed E-state index contributed by atoms with van der Waals surface area (Å²) < 4.78 is 10.5. The van der Waals surface area contributed by atoms with E-state index >= 15 is 0 Å². The lowest BCUT2D eigenvalue weighted by atomic mass is 10.1. The highest BCUT2D eigenvalue weighted by Gasteiger charge is 2.16. The lowest BCUT2D eigenvalue weighted by Gasteiger charge is -2.14. The lowest BCUT2D eigenvalue weighted by Crippen LogP contribution is -2.21. The molecule has 0 aromatic rings. The molecule has 0 spiro atoms. The van der Waals surface area contributed by atoms with Gasteiger partial charge in [-0.05, 0) is 18.9 Å². The summed E-state index contributed by atoms with van der Waals surface area (Å²) in [6.07, 6.45) is 16.1. The number of nitriles is 1. The number of aliphatic hydroxyl groups excluding tert-OH is 1. The van der Waals surface area contributed by atoms with Gasteiger partial charge in [0.05, 0.1) is 19.2 Å². The minimum Gasteiger partial charge on any atom is -0.471 e. The number of carbonyl (C=O) groups excluding carboxylic acids is 1. The molecule has 0 rings (SSSR count). The second-order valence-electron chi connectivity index (χ2n) is 7.64. The van der Waals surface area contributed by atoms with Crippen LogP contribution in [0.4, 0.5) is 0 Å². The van der Waals surface area contributed by atoms with E-state index in [4.69, 9.17) is 16.0 Å². The Kier molecular flexibility index (Phi) is 19.6. The standard InChI is InChI=1S/C25H40N2O4/c1-4-6-8-10-12-14-19-30-24(28)22(21-26)17-16-18-23(27-3)25(29)31-20-15-13-11-9-7-5-2/h16-18,22,24,28H,4-15,19-20H2,1-2H3. The van der Waals surface area contributed by atoms with Crippen LogP contribution in [0.1, 0.15) is 90.9 Å². The van der Waals surface area contributed by atoms with E-state index in [-0.39, 0.29) is 5.70 Å². The number of ether oxygens (including phenoxy) is 2. The topological polar surface area (TPSA) is 83.9 Å². The number of esters is 1. The van der Waals surface area contributed by atoms with Crippen LogP contribution in [-0.4, -0.2) is 30.6 Å². The molecule has 1 N–H and O–H groups in total. The Labute approximate surface area is 188 Å². The molecule has 0 aromatic carbocycles. The molecule has 0 aliphatic heterocycles. The summed E-state index contributed by atoms with van der Waals surface area (Å²) in [5, 5.41) is 19.3. The largest absolute Gasteiger partial charge is 0.471 e. The first-order chi connectivity index (χ1) is 15.1. The summed E-state index contributed by atoms with van der Waals surface area (Å²) in [7, 11) is 0. The minimum absolute atomic E-state index is 0.151. The average Bonchev–Trinajstić information content (AvgIpc) is 2.77. The summed E-state index contributed by atoms with van der Waals surface area (Å²) in [5.74, 6) is -1.54. The predicted octanol–water partition coefficient (Wildman–Crippen LogP) is 6.08. The number of nitrogens with zero attached hydrogens (tertiary/aromatic N) is 2. The van der Waals surface area contributed by atoms with Gasteiger partial charge < -0.3 is 14.6 Å². The van der Waals surface area contributed by atoms with E-state index in [0.29, 0.717) is 13.2 Å². The van der Waals surface area contributed by atoms with Gasteiger partial charge in [0, 0.05) is 6.61 Å². The van der Waals surface area contributed by atoms with Crippen molar-refractivity contribution in [2.24, 2.45) is 5.92 Å². The normalized spacial score (nSPS) is 13.5. The van der Waals surface area contributed by atoms with Crippen molar-refractivity contribution in [1.29, 1.82) is 5.26 Å². The zero-order valence-corrected chi connectivity index (χ0v) is 19.4. The van der Waals surface area contributed by atoms with Crippen LogP contribution in [0.15, 0.2) is 23.9 Å². The van der Waals surface area contributed by atoms with E-state index in [1.807, 2.05) is 6.07 Å². The van der Waals surface area contributed by atoms with Gasteiger partial charge in [0.2, 0.25) is 0 Å². The van der Waals surface area contributed by atoms with Gasteiger partial charge in [0.15, 0.2) is 6.29 Å². The van der Waals surface area contributed by atoms with Crippen molar-refractivity contribution >= 4 is 5.97 Å². The van der Waals surface area contributed by atoms with Crippen molar-refractivity contribution in [2.45, 2.75) is 97.2 Å². The fourth-order valence-corrected chi connectivity index (χ4v) is 2.93. The number of carbonyl (C=O) groups is 1. The van der Waals surface area contributed by atoms with Gasteiger partial charge in [-0.2, -0.15) is 5.26 Å². The quantitative estimate of drug-likeness (QED) is 0.0667. The van der Waals surface area contributed by atoms with Crippen molar-refractivity contribution in [3.63, 3.8) is 0 Å². The summed E-state index contributed by atoms with van der Waals surface area (Å²) in [4.78, 5) is 15.2. The first-order valence-corrected chi connectivity index (χ1v) is 11.7. The predicted molar refractivity (Wildman–Crippen MR) is 123 cm³/mol. The molecule has 0 aliphatic carbocycles. The third-order valence-corrected chi connectivity index (χ3v) is 4.88. The van der Waals surface area contributed by atoms with E-state index in [0.717, 1.165) is 38.5 Å². The van der Waals surface area contributed by atoms with Crippen LogP contribution in [0.2, 0.25) is 0 Å². The number of allylic oxidation sites excluding steroid dienone is 2. The van der Waals surface area contributed by atoms with Crippen molar-refractivity contribution in [3.05, 3.63) is 35.3 Å². The van der Waals surface area contributed by atoms with Gasteiger partial charge in [0.1, 0.15) is 5.92 Å². The van der Waals surface area contributed by atoms with Crippen LogP contribution in [0, 0.1) is 23.8 Å². The van der Waals surface area contributed by atoms with Crippen molar-refractivity contribution in [2.75, 3.05) is 13.2 Å². The highest BCUT2D eigenvalue weighted by atomic mass is 16.6. The van der Waals surface area contributed by atoms with Gasteiger partial charge in [-0.15, -0.1) is 0 Å². The minimum atomic E-state index is -1.23. The number of hydrogen-bond donors (Lipinski definition) is 1. The summed E-state index contributed by atoms with van der Waals surface area (Å²) in [6.45, 7) is 12.2. The maximum atomic E-state index is 12.0. The monoisotopic (exact) mass is 432 g/mol. The highest BCUT2D eigenvalue weighted by Crippen LogP contribution is 2.11. The molecule has 0 amide bonds. The Bertz CT molecular complexity index is 602. The first-order valence-electron chi connectivity index (χ1n) is 11.7. The number of aliphatic hydroxyl groups is 1. The fourth-order valence-electron chi connectivity index (χ4n) is 2.93. The summed E-state index contributed by atoms with van der Waals surface area (Å²) in [6, 6.07) is 1.97. The van der Waals surface area contributed by atoms with Crippen LogP contribution < -0.4 is 0 Å². The van der Waals surface area contributed by atoms with Crippen molar-refractivity contribution in [3.8, 4) is 6.07 Å². The van der Waals surface area contributed by atoms with Crippen molar-refractivity contribution in [1.82, 2.24) is 0 Å². The third kappa shape index (κ3) is 16.2. The average molecular weight is 433 g/mol. The van der Waals surface area contributed by atoms with Crippen LogP contribution in [0.3, 0.4) is 0 Å². The Balaban J connectivity index is 4.28. The molecule has 0 heterocycles. The third-order valence-electron chi connectivity index (χ3n) is 4.88. The van der Waals surface area contributed by atoms with Gasteiger partial charge in [-0.25, -0.2) is 4.85 Å². The fraction of sp³-hybridized carbons (Fsp3) is 0.720. The lowest BCUT2D eigenvalue weighted by molar-refractivity contribution is -0.138. The molecule has 0 radical (unpaired) electrons. The molecule has 0 aromatic heterocycles. The van der Waals surface area contributed by atoms with Gasteiger partial charge in [0.25, 0.3) is 5.70 Å². The first kappa shape index (κ1) is 28.9. The van der Waals surface area contributed by atoms with E-state index < -0.39 is 18.2 Å². The maximum Gasteiger partial charge on any atom is 0.336 e. The van der Waals surface area contributed by atoms with Gasteiger partial charge in [-0.1, -0.05) is 90.2 Å². The Morgan fingerprint density at radius 3 is 2.10 bits per heavy atom. The van der Waals surface area contributed by atoms with Gasteiger partial charge >= 0.3 is 5.97 Å². The SMILES string of the molecule is [C-]#[N+]C(=CC=CC(C#N)C(O)OCCCCCCCC)C(=O)OCCCCCCCC. The molecule has 0 bridgehead atoms. The van der Waals surface area contributed by atoms with Crippen LogP contribution in [-0.2, 0) is 14.3 Å². The van der Waals surface area contributed by atoms with Crippen molar-refractivity contribution < 1.29 is 19.4 Å². The Morgan fingerprint density at radius 1 is 1.00 bits per heavy atom. The zero-order chi connectivity index (χ0) is 23.2. The van der Waals surface area contributed by atoms with E-state index in [2.05, 4.69) is 18.7 Å². The second kappa shape index (κ2) is 21.1. The zero-order valence-electron chi connectivity index (χ0n) is 19.4. The molecule has 174 valence electrons. The Morgan fingerprint density at radius 2 is 1.55 bits per heavy atom. The number of unbranched alkanes of at least 4 members (excludes halogenated alkanes) is 10. The molecule has 0 saturated carbocycles. The number of rotatable bonds is 19. The Hall–Kier alpha value is -2.15. The molecule has 0 saturated heterocycles.